The number of alkyl halides is 3. The van der Waals surface area contributed by atoms with E-state index in [1.807, 2.05) is 13.8 Å². The minimum atomic E-state index is -4.51. The van der Waals surface area contributed by atoms with Crippen molar-refractivity contribution in [3.05, 3.63) is 47.5 Å². The molecule has 0 aliphatic rings. The quantitative estimate of drug-likeness (QED) is 0.771. The first kappa shape index (κ1) is 17.8. The van der Waals surface area contributed by atoms with Crippen LogP contribution in [0.15, 0.2) is 30.5 Å². The first-order valence-corrected chi connectivity index (χ1v) is 7.89. The van der Waals surface area contributed by atoms with Crippen LogP contribution in [-0.2, 0) is 12.6 Å². The van der Waals surface area contributed by atoms with Crippen LogP contribution in [0, 0.1) is 5.92 Å². The third-order valence-corrected chi connectivity index (χ3v) is 3.73. The topological polar surface area (TPSA) is 86.7 Å². The van der Waals surface area contributed by atoms with Gasteiger partial charge in [0.1, 0.15) is 16.9 Å². The van der Waals surface area contributed by atoms with Crippen molar-refractivity contribution in [3.63, 3.8) is 0 Å². The molecule has 136 valence electrons. The zero-order valence-electron chi connectivity index (χ0n) is 14.1. The fraction of sp³-hybridized carbons (Fsp3) is 0.294. The molecule has 0 aliphatic carbocycles. The van der Waals surface area contributed by atoms with E-state index in [-0.39, 0.29) is 11.6 Å². The van der Waals surface area contributed by atoms with Crippen molar-refractivity contribution >= 4 is 16.9 Å². The smallest absolute Gasteiger partial charge is 0.364 e. The summed E-state index contributed by atoms with van der Waals surface area (Å²) >= 11 is 0. The van der Waals surface area contributed by atoms with Crippen LogP contribution in [0.25, 0.3) is 16.7 Å². The molecule has 3 heterocycles. The number of fused-ring (bicyclic) bond motifs is 1. The summed E-state index contributed by atoms with van der Waals surface area (Å²) in [6.45, 7) is 4.00. The molecule has 9 heteroatoms. The molecule has 0 spiro atoms. The van der Waals surface area contributed by atoms with Gasteiger partial charge in [0.2, 0.25) is 0 Å². The van der Waals surface area contributed by atoms with Crippen molar-refractivity contribution in [1.82, 2.24) is 19.7 Å². The minimum absolute atomic E-state index is 0.104. The number of halogens is 3. The lowest BCUT2D eigenvalue weighted by atomic mass is 10.1. The maximum atomic E-state index is 12.7. The summed E-state index contributed by atoms with van der Waals surface area (Å²) in [5, 5.41) is 4.47. The summed E-state index contributed by atoms with van der Waals surface area (Å²) in [7, 11) is 0. The van der Waals surface area contributed by atoms with Crippen LogP contribution < -0.4 is 5.73 Å². The molecule has 3 aromatic heterocycles. The minimum Gasteiger partial charge on any atom is -0.364 e. The summed E-state index contributed by atoms with van der Waals surface area (Å²) < 4.78 is 39.6. The Hall–Kier alpha value is -2.97. The van der Waals surface area contributed by atoms with E-state index in [4.69, 9.17) is 5.73 Å². The second-order valence-corrected chi connectivity index (χ2v) is 6.28. The second kappa shape index (κ2) is 6.40. The van der Waals surface area contributed by atoms with Crippen LogP contribution in [0.3, 0.4) is 0 Å². The number of hydrogen-bond acceptors (Lipinski definition) is 4. The number of carbonyl (C=O) groups excluding carboxylic acids is 1. The van der Waals surface area contributed by atoms with Gasteiger partial charge in [0.25, 0.3) is 5.91 Å². The number of rotatable bonds is 4. The van der Waals surface area contributed by atoms with Gasteiger partial charge in [0.05, 0.1) is 23.1 Å². The van der Waals surface area contributed by atoms with Crippen LogP contribution in [0.1, 0.15) is 35.7 Å². The highest BCUT2D eigenvalue weighted by molar-refractivity contribution is 5.93. The van der Waals surface area contributed by atoms with Crippen LogP contribution in [-0.4, -0.2) is 25.7 Å². The third-order valence-electron chi connectivity index (χ3n) is 3.73. The van der Waals surface area contributed by atoms with E-state index >= 15 is 0 Å². The molecular weight excluding hydrogens is 347 g/mol. The number of pyridine rings is 2. The van der Waals surface area contributed by atoms with E-state index in [2.05, 4.69) is 15.1 Å². The molecule has 0 atom stereocenters. The molecule has 3 rings (SSSR count). The monoisotopic (exact) mass is 363 g/mol. The predicted molar refractivity (Wildman–Crippen MR) is 88.7 cm³/mol. The highest BCUT2D eigenvalue weighted by Gasteiger charge is 2.32. The molecule has 0 radical (unpaired) electrons. The van der Waals surface area contributed by atoms with Crippen molar-refractivity contribution in [2.45, 2.75) is 26.4 Å². The SMILES string of the molecule is CC(C)Cc1nn(-c2ccc(C(F)(F)F)nc2)c2ccc(C(N)=O)nc12. The van der Waals surface area contributed by atoms with Crippen molar-refractivity contribution in [2.24, 2.45) is 11.7 Å². The van der Waals surface area contributed by atoms with Gasteiger partial charge in [-0.15, -0.1) is 0 Å². The fourth-order valence-corrected chi connectivity index (χ4v) is 2.59. The van der Waals surface area contributed by atoms with Crippen LogP contribution in [0.5, 0.6) is 0 Å². The number of carbonyl (C=O) groups is 1. The molecular formula is C17H16F3N5O. The lowest BCUT2D eigenvalue weighted by Crippen LogP contribution is -2.13. The van der Waals surface area contributed by atoms with Crippen molar-refractivity contribution < 1.29 is 18.0 Å². The van der Waals surface area contributed by atoms with Gasteiger partial charge in [-0.25, -0.2) is 14.6 Å². The van der Waals surface area contributed by atoms with Gasteiger partial charge in [-0.2, -0.15) is 18.3 Å². The van der Waals surface area contributed by atoms with Gasteiger partial charge in [-0.05, 0) is 36.6 Å². The number of nitrogens with two attached hydrogens (primary N) is 1. The van der Waals surface area contributed by atoms with Gasteiger partial charge in [-0.1, -0.05) is 13.8 Å². The predicted octanol–water partition coefficient (Wildman–Crippen LogP) is 3.13. The lowest BCUT2D eigenvalue weighted by Gasteiger charge is -2.07. The Morgan fingerprint density at radius 1 is 1.23 bits per heavy atom. The Labute approximate surface area is 146 Å². The van der Waals surface area contributed by atoms with E-state index in [1.54, 1.807) is 6.07 Å². The summed E-state index contributed by atoms with van der Waals surface area (Å²) in [5.74, 6) is -0.391. The normalized spacial score (nSPS) is 12.1. The zero-order chi connectivity index (χ0) is 19.1. The van der Waals surface area contributed by atoms with Gasteiger partial charge in [0, 0.05) is 0 Å². The van der Waals surface area contributed by atoms with Gasteiger partial charge in [-0.3, -0.25) is 4.79 Å². The molecule has 1 amide bonds. The highest BCUT2D eigenvalue weighted by Crippen LogP contribution is 2.28. The zero-order valence-corrected chi connectivity index (χ0v) is 14.1. The van der Waals surface area contributed by atoms with E-state index in [9.17, 15) is 18.0 Å². The van der Waals surface area contributed by atoms with Gasteiger partial charge < -0.3 is 5.73 Å². The Balaban J connectivity index is 2.15. The Morgan fingerprint density at radius 2 is 1.96 bits per heavy atom. The van der Waals surface area contributed by atoms with Crippen molar-refractivity contribution in [1.29, 1.82) is 0 Å². The maximum absolute atomic E-state index is 12.7. The molecule has 3 aromatic rings. The lowest BCUT2D eigenvalue weighted by molar-refractivity contribution is -0.141. The summed E-state index contributed by atoms with van der Waals surface area (Å²) in [4.78, 5) is 19.1. The van der Waals surface area contributed by atoms with Crippen LogP contribution in [0.2, 0.25) is 0 Å². The van der Waals surface area contributed by atoms with Crippen molar-refractivity contribution in [2.75, 3.05) is 0 Å². The molecule has 0 bridgehead atoms. The first-order valence-electron chi connectivity index (χ1n) is 7.89. The van der Waals surface area contributed by atoms with Crippen molar-refractivity contribution in [3.8, 4) is 5.69 Å². The number of amides is 1. The number of primary amides is 1. The molecule has 6 nitrogen and oxygen atoms in total. The van der Waals surface area contributed by atoms with E-state index in [0.29, 0.717) is 28.8 Å². The molecule has 0 aliphatic heterocycles. The van der Waals surface area contributed by atoms with E-state index in [1.165, 1.54) is 16.8 Å². The second-order valence-electron chi connectivity index (χ2n) is 6.28. The number of hydrogen-bond donors (Lipinski definition) is 1. The standard InChI is InChI=1S/C17H16F3N5O/c1-9(2)7-12-15-13(5-4-11(23-15)16(21)26)25(24-12)10-3-6-14(22-8-10)17(18,19)20/h3-6,8-9H,7H2,1-2H3,(H2,21,26). The molecule has 0 fully saturated rings. The van der Waals surface area contributed by atoms with Gasteiger partial charge >= 0.3 is 6.18 Å². The molecule has 26 heavy (non-hydrogen) atoms. The molecule has 0 saturated heterocycles. The summed E-state index contributed by atoms with van der Waals surface area (Å²) in [6.07, 6.45) is -2.81. The summed E-state index contributed by atoms with van der Waals surface area (Å²) in [5.41, 5.74) is 6.47. The largest absolute Gasteiger partial charge is 0.433 e. The number of aromatic nitrogens is 4. The van der Waals surface area contributed by atoms with Crippen LogP contribution >= 0.6 is 0 Å². The maximum Gasteiger partial charge on any atom is 0.433 e. The fourth-order valence-electron chi connectivity index (χ4n) is 2.59. The Kier molecular flexibility index (Phi) is 4.39. The molecule has 2 N–H and O–H groups in total. The number of nitrogens with zero attached hydrogens (tertiary/aromatic N) is 4. The van der Waals surface area contributed by atoms with Crippen LogP contribution in [0.4, 0.5) is 13.2 Å². The summed E-state index contributed by atoms with van der Waals surface area (Å²) in [6, 6.07) is 5.27. The molecule has 0 aromatic carbocycles. The molecule has 0 saturated carbocycles. The molecule has 0 unspecified atom stereocenters. The van der Waals surface area contributed by atoms with Gasteiger partial charge in [0.15, 0.2) is 0 Å². The average molecular weight is 363 g/mol. The van der Waals surface area contributed by atoms with E-state index in [0.717, 1.165) is 12.3 Å². The average Bonchev–Trinajstić information content (AvgIpc) is 2.91. The third kappa shape index (κ3) is 3.37. The first-order chi connectivity index (χ1) is 12.2. The Morgan fingerprint density at radius 3 is 2.50 bits per heavy atom. The highest BCUT2D eigenvalue weighted by atomic mass is 19.4. The van der Waals surface area contributed by atoms with E-state index < -0.39 is 17.8 Å². The Bertz CT molecular complexity index is 961.